The number of hydrogen-bond acceptors (Lipinski definition) is 6. The van der Waals surface area contributed by atoms with Gasteiger partial charge in [0, 0.05) is 6.20 Å². The summed E-state index contributed by atoms with van der Waals surface area (Å²) in [7, 11) is 0. The van der Waals surface area contributed by atoms with Crippen molar-refractivity contribution in [1.82, 2.24) is 9.66 Å². The van der Waals surface area contributed by atoms with Crippen LogP contribution in [-0.2, 0) is 9.53 Å². The highest BCUT2D eigenvalue weighted by Gasteiger charge is 2.11. The molecule has 1 N–H and O–H groups in total. The predicted molar refractivity (Wildman–Crippen MR) is 80.4 cm³/mol. The van der Waals surface area contributed by atoms with Crippen LogP contribution in [0.4, 0.5) is 0 Å². The maximum atomic E-state index is 12.4. The highest BCUT2D eigenvalue weighted by atomic mass is 16.5. The lowest BCUT2D eigenvalue weighted by Crippen LogP contribution is -2.29. The molecule has 0 aliphatic carbocycles. The zero-order chi connectivity index (χ0) is 16.1. The van der Waals surface area contributed by atoms with E-state index in [1.165, 1.54) is 4.68 Å². The first-order valence-electron chi connectivity index (χ1n) is 6.60. The molecule has 112 valence electrons. The molecule has 0 fully saturated rings. The van der Waals surface area contributed by atoms with Gasteiger partial charge in [-0.15, -0.1) is 0 Å². The summed E-state index contributed by atoms with van der Waals surface area (Å²) in [6.07, 6.45) is 1.13. The Bertz CT molecular complexity index is 846. The molecule has 0 bridgehead atoms. The van der Waals surface area contributed by atoms with Crippen LogP contribution in [-0.4, -0.2) is 22.2 Å². The molecule has 0 unspecified atom stereocenters. The van der Waals surface area contributed by atoms with Crippen molar-refractivity contribution in [2.24, 2.45) is 0 Å². The highest BCUT2D eigenvalue weighted by molar-refractivity contribution is 5.92. The van der Waals surface area contributed by atoms with Gasteiger partial charge < -0.3 is 4.74 Å². The molecule has 1 aromatic heterocycles. The summed E-state index contributed by atoms with van der Waals surface area (Å²) >= 11 is 0. The molecule has 0 atom stereocenters. The smallest absolute Gasteiger partial charge is 0.350 e. The van der Waals surface area contributed by atoms with Crippen LogP contribution in [0.15, 0.2) is 40.8 Å². The van der Waals surface area contributed by atoms with Crippen molar-refractivity contribution in [1.29, 1.82) is 5.26 Å². The van der Waals surface area contributed by atoms with Crippen LogP contribution in [0.1, 0.15) is 12.7 Å². The average Bonchev–Trinajstić information content (AvgIpc) is 2.51. The predicted octanol–water partition coefficient (Wildman–Crippen LogP) is 1.22. The summed E-state index contributed by atoms with van der Waals surface area (Å²) in [6.45, 7) is 3.45. The fourth-order valence-corrected chi connectivity index (χ4v) is 1.87. The van der Waals surface area contributed by atoms with E-state index < -0.39 is 5.97 Å². The van der Waals surface area contributed by atoms with E-state index in [1.54, 1.807) is 44.2 Å². The number of aromatic nitrogens is 2. The first kappa shape index (κ1) is 15.3. The molecular formula is C15H14N4O3. The Morgan fingerprint density at radius 3 is 2.91 bits per heavy atom. The molecule has 22 heavy (non-hydrogen) atoms. The molecule has 1 aromatic carbocycles. The molecular weight excluding hydrogens is 284 g/mol. The second-order valence-corrected chi connectivity index (χ2v) is 4.34. The normalized spacial score (nSPS) is 11.0. The van der Waals surface area contributed by atoms with Gasteiger partial charge in [-0.05, 0) is 26.0 Å². The minimum atomic E-state index is -0.753. The van der Waals surface area contributed by atoms with Crippen molar-refractivity contribution in [3.63, 3.8) is 0 Å². The Morgan fingerprint density at radius 1 is 1.50 bits per heavy atom. The molecule has 2 rings (SSSR count). The van der Waals surface area contributed by atoms with Crippen LogP contribution in [0.25, 0.3) is 10.9 Å². The summed E-state index contributed by atoms with van der Waals surface area (Å²) in [4.78, 5) is 28.2. The van der Waals surface area contributed by atoms with Gasteiger partial charge in [0.1, 0.15) is 11.9 Å². The summed E-state index contributed by atoms with van der Waals surface area (Å²) in [5.74, 6) is -0.349. The Hall–Kier alpha value is -3.14. The molecule has 1 heterocycles. The van der Waals surface area contributed by atoms with E-state index in [2.05, 4.69) is 10.4 Å². The molecule has 7 heteroatoms. The zero-order valence-electron chi connectivity index (χ0n) is 12.2. The number of hydrogen-bond donors (Lipinski definition) is 1. The average molecular weight is 298 g/mol. The van der Waals surface area contributed by atoms with E-state index in [1.807, 2.05) is 0 Å². The number of aryl methyl sites for hydroxylation is 1. The third kappa shape index (κ3) is 2.96. The van der Waals surface area contributed by atoms with Crippen LogP contribution in [0.3, 0.4) is 0 Å². The van der Waals surface area contributed by atoms with Crippen LogP contribution in [0.2, 0.25) is 0 Å². The lowest BCUT2D eigenvalue weighted by molar-refractivity contribution is -0.138. The monoisotopic (exact) mass is 298 g/mol. The van der Waals surface area contributed by atoms with Gasteiger partial charge in [-0.3, -0.25) is 10.2 Å². The van der Waals surface area contributed by atoms with Crippen LogP contribution >= 0.6 is 0 Å². The van der Waals surface area contributed by atoms with Gasteiger partial charge in [0.15, 0.2) is 5.57 Å². The van der Waals surface area contributed by atoms with Crippen molar-refractivity contribution in [3.8, 4) is 6.07 Å². The highest BCUT2D eigenvalue weighted by Crippen LogP contribution is 2.06. The van der Waals surface area contributed by atoms with E-state index in [0.29, 0.717) is 16.7 Å². The second kappa shape index (κ2) is 6.54. The number of fused-ring (bicyclic) bond motifs is 1. The molecule has 0 aliphatic heterocycles. The molecule has 0 amide bonds. The Balaban J connectivity index is 2.42. The van der Waals surface area contributed by atoms with E-state index in [0.717, 1.165) is 6.20 Å². The molecule has 0 spiro atoms. The number of nitrogens with zero attached hydrogens (tertiary/aromatic N) is 3. The number of rotatable bonds is 4. The molecule has 2 aromatic rings. The number of carbonyl (C=O) groups is 1. The lowest BCUT2D eigenvalue weighted by Gasteiger charge is -2.10. The van der Waals surface area contributed by atoms with E-state index in [9.17, 15) is 9.59 Å². The van der Waals surface area contributed by atoms with E-state index >= 15 is 0 Å². The minimum Gasteiger partial charge on any atom is -0.462 e. The van der Waals surface area contributed by atoms with E-state index in [-0.39, 0.29) is 17.7 Å². The third-order valence-electron chi connectivity index (χ3n) is 2.90. The first-order chi connectivity index (χ1) is 10.6. The molecule has 0 radical (unpaired) electrons. The summed E-state index contributed by atoms with van der Waals surface area (Å²) in [6, 6.07) is 8.64. The molecule has 7 nitrogen and oxygen atoms in total. The van der Waals surface area contributed by atoms with Crippen LogP contribution in [0.5, 0.6) is 0 Å². The number of benzene rings is 1. The Kier molecular flexibility index (Phi) is 4.53. The fraction of sp³-hybridized carbons (Fsp3) is 0.200. The third-order valence-corrected chi connectivity index (χ3v) is 2.90. The number of para-hydroxylation sites is 1. The van der Waals surface area contributed by atoms with Gasteiger partial charge in [-0.25, -0.2) is 14.5 Å². The van der Waals surface area contributed by atoms with Crippen molar-refractivity contribution in [3.05, 3.63) is 52.2 Å². The SMILES string of the molecule is CCOC(=O)/C(C#N)=C/Nn1c(C)nc2ccccc2c1=O. The lowest BCUT2D eigenvalue weighted by atomic mass is 10.2. The second-order valence-electron chi connectivity index (χ2n) is 4.34. The number of carbonyl (C=O) groups excluding carboxylic acids is 1. The van der Waals surface area contributed by atoms with Crippen molar-refractivity contribution < 1.29 is 9.53 Å². The van der Waals surface area contributed by atoms with Crippen LogP contribution in [0, 0.1) is 18.3 Å². The van der Waals surface area contributed by atoms with Crippen molar-refractivity contribution in [2.75, 3.05) is 12.0 Å². The maximum absolute atomic E-state index is 12.4. The Morgan fingerprint density at radius 2 is 2.23 bits per heavy atom. The van der Waals surface area contributed by atoms with Crippen molar-refractivity contribution in [2.45, 2.75) is 13.8 Å². The van der Waals surface area contributed by atoms with Crippen molar-refractivity contribution >= 4 is 16.9 Å². The standard InChI is InChI=1S/C15H14N4O3/c1-3-22-15(21)11(8-16)9-17-19-10(2)18-13-7-5-4-6-12(13)14(19)20/h4-7,9,17H,3H2,1-2H3/b11-9+. The van der Waals surface area contributed by atoms with Gasteiger partial charge >= 0.3 is 5.97 Å². The molecule has 0 aliphatic rings. The van der Waals surface area contributed by atoms with Crippen LogP contribution < -0.4 is 11.0 Å². The van der Waals surface area contributed by atoms with E-state index in [4.69, 9.17) is 10.00 Å². The fourth-order valence-electron chi connectivity index (χ4n) is 1.87. The maximum Gasteiger partial charge on any atom is 0.350 e. The van der Waals surface area contributed by atoms with Gasteiger partial charge in [-0.2, -0.15) is 5.26 Å². The summed E-state index contributed by atoms with van der Waals surface area (Å²) in [5.41, 5.74) is 2.65. The first-order valence-corrected chi connectivity index (χ1v) is 6.60. The number of esters is 1. The quantitative estimate of drug-likeness (QED) is 0.518. The van der Waals surface area contributed by atoms with Gasteiger partial charge in [-0.1, -0.05) is 12.1 Å². The number of nitrogens with one attached hydrogen (secondary N) is 1. The summed E-state index contributed by atoms with van der Waals surface area (Å²) in [5, 5.41) is 9.38. The number of nitriles is 1. The summed E-state index contributed by atoms with van der Waals surface area (Å²) < 4.78 is 5.91. The molecule has 0 saturated carbocycles. The van der Waals surface area contributed by atoms with Gasteiger partial charge in [0.2, 0.25) is 0 Å². The largest absolute Gasteiger partial charge is 0.462 e. The number of ether oxygens (including phenoxy) is 1. The minimum absolute atomic E-state index is 0.161. The Labute approximate surface area is 126 Å². The van der Waals surface area contributed by atoms with Gasteiger partial charge in [0.25, 0.3) is 5.56 Å². The topological polar surface area (TPSA) is 97.0 Å². The van der Waals surface area contributed by atoms with Gasteiger partial charge in [0.05, 0.1) is 17.5 Å². The molecule has 0 saturated heterocycles. The zero-order valence-corrected chi connectivity index (χ0v) is 12.2.